The summed E-state index contributed by atoms with van der Waals surface area (Å²) < 4.78 is 0. The average Bonchev–Trinajstić information content (AvgIpc) is 2.93. The van der Waals surface area contributed by atoms with Crippen molar-refractivity contribution in [3.63, 3.8) is 0 Å². The van der Waals surface area contributed by atoms with E-state index in [9.17, 15) is 0 Å². The summed E-state index contributed by atoms with van der Waals surface area (Å²) in [4.78, 5) is 2.59. The lowest BCUT2D eigenvalue weighted by Gasteiger charge is -2.35. The van der Waals surface area contributed by atoms with Crippen LogP contribution in [-0.4, -0.2) is 37.1 Å². The number of hydrogen-bond acceptors (Lipinski definition) is 2. The zero-order valence-corrected chi connectivity index (χ0v) is 13.3. The normalized spacial score (nSPS) is 29.5. The second kappa shape index (κ2) is 7.64. The third kappa shape index (κ3) is 4.46. The Bertz CT molecular complexity index is 246. The van der Waals surface area contributed by atoms with Crippen molar-refractivity contribution in [2.45, 2.75) is 77.3 Å². The Morgan fingerprint density at radius 3 is 2.32 bits per heavy atom. The average molecular weight is 266 g/mol. The van der Waals surface area contributed by atoms with Crippen molar-refractivity contribution in [1.82, 2.24) is 10.2 Å². The summed E-state index contributed by atoms with van der Waals surface area (Å²) in [6, 6.07) is 1.65. The number of rotatable bonds is 6. The van der Waals surface area contributed by atoms with Crippen LogP contribution in [0.5, 0.6) is 0 Å². The predicted octanol–water partition coefficient (Wildman–Crippen LogP) is 3.67. The van der Waals surface area contributed by atoms with E-state index in [0.717, 1.165) is 23.9 Å². The second-order valence-corrected chi connectivity index (χ2v) is 7.17. The van der Waals surface area contributed by atoms with Gasteiger partial charge in [-0.25, -0.2) is 0 Å². The highest BCUT2D eigenvalue weighted by Gasteiger charge is 2.27. The van der Waals surface area contributed by atoms with Crippen molar-refractivity contribution in [2.75, 3.05) is 20.1 Å². The van der Waals surface area contributed by atoms with E-state index in [1.54, 1.807) is 0 Å². The molecule has 2 saturated carbocycles. The minimum Gasteiger partial charge on any atom is -0.312 e. The third-order valence-electron chi connectivity index (χ3n) is 5.49. The Kier molecular flexibility index (Phi) is 6.15. The Balaban J connectivity index is 1.68. The van der Waals surface area contributed by atoms with E-state index in [1.807, 2.05) is 0 Å². The highest BCUT2D eigenvalue weighted by molar-refractivity contribution is 4.83. The van der Waals surface area contributed by atoms with E-state index >= 15 is 0 Å². The molecule has 0 amide bonds. The molecule has 2 rings (SSSR count). The smallest absolute Gasteiger partial charge is 0.0107 e. The van der Waals surface area contributed by atoms with E-state index in [-0.39, 0.29) is 0 Å². The minimum absolute atomic E-state index is 0.783. The maximum atomic E-state index is 3.87. The summed E-state index contributed by atoms with van der Waals surface area (Å²) in [5, 5.41) is 3.87. The summed E-state index contributed by atoms with van der Waals surface area (Å²) in [6.07, 6.45) is 11.5. The van der Waals surface area contributed by atoms with Crippen LogP contribution in [0.1, 0.15) is 65.2 Å². The summed E-state index contributed by atoms with van der Waals surface area (Å²) in [7, 11) is 2.32. The molecule has 2 heteroatoms. The van der Waals surface area contributed by atoms with Gasteiger partial charge in [-0.1, -0.05) is 39.5 Å². The molecule has 2 aliphatic carbocycles. The van der Waals surface area contributed by atoms with Crippen LogP contribution in [0.15, 0.2) is 0 Å². The van der Waals surface area contributed by atoms with Crippen LogP contribution in [0.4, 0.5) is 0 Å². The summed E-state index contributed by atoms with van der Waals surface area (Å²) >= 11 is 0. The fourth-order valence-corrected chi connectivity index (χ4v) is 4.16. The topological polar surface area (TPSA) is 15.3 Å². The van der Waals surface area contributed by atoms with Gasteiger partial charge >= 0.3 is 0 Å². The molecule has 0 aromatic heterocycles. The Morgan fingerprint density at radius 1 is 1.00 bits per heavy atom. The Labute approximate surface area is 120 Å². The van der Waals surface area contributed by atoms with Crippen LogP contribution < -0.4 is 5.32 Å². The maximum Gasteiger partial charge on any atom is 0.0107 e. The molecule has 1 N–H and O–H groups in total. The van der Waals surface area contributed by atoms with Gasteiger partial charge in [0, 0.05) is 25.2 Å². The van der Waals surface area contributed by atoms with E-state index in [2.05, 4.69) is 31.1 Å². The second-order valence-electron chi connectivity index (χ2n) is 7.17. The van der Waals surface area contributed by atoms with Crippen LogP contribution in [-0.2, 0) is 0 Å². The monoisotopic (exact) mass is 266 g/mol. The van der Waals surface area contributed by atoms with Gasteiger partial charge in [-0.05, 0) is 44.6 Å². The first-order valence-electron chi connectivity index (χ1n) is 8.62. The molecule has 112 valence electrons. The molecule has 0 aromatic rings. The molecule has 0 heterocycles. The molecule has 0 aromatic carbocycles. The SMILES string of the molecule is CC(C)C1CCCCC1NCCN(C)C1CCCC1. The van der Waals surface area contributed by atoms with Gasteiger partial charge in [-0.15, -0.1) is 0 Å². The van der Waals surface area contributed by atoms with Gasteiger partial charge in [0.25, 0.3) is 0 Å². The highest BCUT2D eigenvalue weighted by Crippen LogP contribution is 2.30. The van der Waals surface area contributed by atoms with Crippen molar-refractivity contribution in [2.24, 2.45) is 11.8 Å². The summed E-state index contributed by atoms with van der Waals surface area (Å²) in [6.45, 7) is 7.21. The molecule has 2 nitrogen and oxygen atoms in total. The fourth-order valence-electron chi connectivity index (χ4n) is 4.16. The van der Waals surface area contributed by atoms with Crippen LogP contribution in [0, 0.1) is 11.8 Å². The summed E-state index contributed by atoms with van der Waals surface area (Å²) in [5.41, 5.74) is 0. The van der Waals surface area contributed by atoms with Crippen molar-refractivity contribution < 1.29 is 0 Å². The molecule has 2 aliphatic rings. The van der Waals surface area contributed by atoms with Crippen LogP contribution in [0.3, 0.4) is 0 Å². The van der Waals surface area contributed by atoms with Gasteiger partial charge in [0.2, 0.25) is 0 Å². The first-order valence-corrected chi connectivity index (χ1v) is 8.62. The van der Waals surface area contributed by atoms with Gasteiger partial charge in [0.05, 0.1) is 0 Å². The van der Waals surface area contributed by atoms with Gasteiger partial charge in [0.15, 0.2) is 0 Å². The molecular formula is C17H34N2. The molecular weight excluding hydrogens is 232 g/mol. The van der Waals surface area contributed by atoms with Crippen LogP contribution in [0.25, 0.3) is 0 Å². The quantitative estimate of drug-likeness (QED) is 0.789. The predicted molar refractivity (Wildman–Crippen MR) is 83.5 cm³/mol. The van der Waals surface area contributed by atoms with Crippen molar-refractivity contribution >= 4 is 0 Å². The van der Waals surface area contributed by atoms with Crippen LogP contribution >= 0.6 is 0 Å². The number of nitrogens with zero attached hydrogens (tertiary/aromatic N) is 1. The largest absolute Gasteiger partial charge is 0.312 e. The van der Waals surface area contributed by atoms with E-state index < -0.39 is 0 Å². The van der Waals surface area contributed by atoms with Crippen molar-refractivity contribution in [3.05, 3.63) is 0 Å². The number of nitrogens with one attached hydrogen (secondary N) is 1. The highest BCUT2D eigenvalue weighted by atomic mass is 15.1. The molecule has 0 bridgehead atoms. The molecule has 2 fully saturated rings. The van der Waals surface area contributed by atoms with E-state index in [0.29, 0.717) is 0 Å². The summed E-state index contributed by atoms with van der Waals surface area (Å²) in [5.74, 6) is 1.75. The lowest BCUT2D eigenvalue weighted by atomic mass is 9.78. The lowest BCUT2D eigenvalue weighted by molar-refractivity contribution is 0.190. The Hall–Kier alpha value is -0.0800. The zero-order valence-electron chi connectivity index (χ0n) is 13.3. The molecule has 0 aliphatic heterocycles. The first-order chi connectivity index (χ1) is 9.18. The molecule has 0 spiro atoms. The fraction of sp³-hybridized carbons (Fsp3) is 1.00. The maximum absolute atomic E-state index is 3.87. The number of likely N-dealkylation sites (N-methyl/N-ethyl adjacent to an activating group) is 1. The van der Waals surface area contributed by atoms with E-state index in [4.69, 9.17) is 0 Å². The first kappa shape index (κ1) is 15.3. The van der Waals surface area contributed by atoms with Gasteiger partial charge in [-0.2, -0.15) is 0 Å². The molecule has 2 atom stereocenters. The molecule has 0 radical (unpaired) electrons. The van der Waals surface area contributed by atoms with Crippen molar-refractivity contribution in [1.29, 1.82) is 0 Å². The molecule has 0 saturated heterocycles. The zero-order chi connectivity index (χ0) is 13.7. The minimum atomic E-state index is 0.783. The third-order valence-corrected chi connectivity index (χ3v) is 5.49. The van der Waals surface area contributed by atoms with E-state index in [1.165, 1.54) is 64.5 Å². The molecule has 2 unspecified atom stereocenters. The number of hydrogen-bond donors (Lipinski definition) is 1. The van der Waals surface area contributed by atoms with Gasteiger partial charge in [0.1, 0.15) is 0 Å². The van der Waals surface area contributed by atoms with Gasteiger partial charge in [-0.3, -0.25) is 0 Å². The van der Waals surface area contributed by atoms with Gasteiger partial charge < -0.3 is 10.2 Å². The Morgan fingerprint density at radius 2 is 1.63 bits per heavy atom. The molecule has 19 heavy (non-hydrogen) atoms. The lowest BCUT2D eigenvalue weighted by Crippen LogP contribution is -2.44. The standard InChI is InChI=1S/C17H34N2/c1-14(2)16-10-6-7-11-17(16)18-12-13-19(3)15-8-4-5-9-15/h14-18H,4-13H2,1-3H3. The van der Waals surface area contributed by atoms with Crippen molar-refractivity contribution in [3.8, 4) is 0 Å². The van der Waals surface area contributed by atoms with Crippen LogP contribution in [0.2, 0.25) is 0 Å².